The molecule has 0 aliphatic carbocycles. The van der Waals surface area contributed by atoms with E-state index in [1.807, 2.05) is 24.3 Å². The maximum atomic E-state index is 13.3. The molecule has 0 unspecified atom stereocenters. The van der Waals surface area contributed by atoms with Crippen molar-refractivity contribution < 1.29 is 14.3 Å². The zero-order valence-corrected chi connectivity index (χ0v) is 19.7. The average Bonchev–Trinajstić information content (AvgIpc) is 3.35. The number of hydrogen-bond acceptors (Lipinski definition) is 5. The van der Waals surface area contributed by atoms with E-state index >= 15 is 0 Å². The summed E-state index contributed by atoms with van der Waals surface area (Å²) >= 11 is 0. The van der Waals surface area contributed by atoms with Crippen molar-refractivity contribution in [2.75, 3.05) is 44.3 Å². The molecule has 3 heterocycles. The molecule has 1 aromatic heterocycles. The molecule has 2 fully saturated rings. The van der Waals surface area contributed by atoms with Crippen molar-refractivity contribution in [2.45, 2.75) is 12.8 Å². The Morgan fingerprint density at radius 1 is 0.943 bits per heavy atom. The third-order valence-electron chi connectivity index (χ3n) is 7.09. The summed E-state index contributed by atoms with van der Waals surface area (Å²) in [6.45, 7) is 3.62. The Kier molecular flexibility index (Phi) is 6.51. The predicted octanol–water partition coefficient (Wildman–Crippen LogP) is 3.15. The van der Waals surface area contributed by atoms with Crippen molar-refractivity contribution in [3.05, 3.63) is 84.1 Å². The minimum absolute atomic E-state index is 0.0931. The van der Waals surface area contributed by atoms with Crippen molar-refractivity contribution in [2.24, 2.45) is 11.1 Å². The summed E-state index contributed by atoms with van der Waals surface area (Å²) in [7, 11) is 0. The summed E-state index contributed by atoms with van der Waals surface area (Å²) in [4.78, 5) is 34.3. The number of primary amides is 1. The first-order chi connectivity index (χ1) is 17.0. The molecule has 5 rings (SSSR count). The molecule has 0 bridgehead atoms. The lowest BCUT2D eigenvalue weighted by molar-refractivity contribution is -0.126. The summed E-state index contributed by atoms with van der Waals surface area (Å²) in [5, 5.41) is 0. The predicted molar refractivity (Wildman–Crippen MR) is 135 cm³/mol. The molecule has 1 atom stereocenters. The average molecular weight is 471 g/mol. The molecule has 2 N–H and O–H groups in total. The Morgan fingerprint density at radius 3 is 2.37 bits per heavy atom. The smallest absolute Gasteiger partial charge is 0.254 e. The molecule has 2 amide bonds. The van der Waals surface area contributed by atoms with Crippen LogP contribution in [0.1, 0.15) is 22.3 Å². The van der Waals surface area contributed by atoms with Crippen LogP contribution in [0.3, 0.4) is 0 Å². The highest BCUT2D eigenvalue weighted by Crippen LogP contribution is 2.35. The van der Waals surface area contributed by atoms with Crippen LogP contribution in [-0.2, 0) is 16.0 Å². The van der Waals surface area contributed by atoms with Crippen LogP contribution in [0.5, 0.6) is 0 Å². The number of amides is 2. The van der Waals surface area contributed by atoms with Gasteiger partial charge in [-0.1, -0.05) is 54.6 Å². The number of benzene rings is 2. The lowest BCUT2D eigenvalue weighted by Crippen LogP contribution is -2.42. The molecule has 2 aromatic carbocycles. The van der Waals surface area contributed by atoms with Gasteiger partial charge in [-0.3, -0.25) is 9.59 Å². The van der Waals surface area contributed by atoms with Crippen LogP contribution in [0.2, 0.25) is 0 Å². The highest BCUT2D eigenvalue weighted by molar-refractivity contribution is 5.96. The largest absolute Gasteiger partial charge is 0.378 e. The van der Waals surface area contributed by atoms with E-state index in [0.717, 1.165) is 35.6 Å². The lowest BCUT2D eigenvalue weighted by atomic mass is 9.80. The number of hydrogen-bond donors (Lipinski definition) is 1. The van der Waals surface area contributed by atoms with Crippen LogP contribution in [0.4, 0.5) is 5.82 Å². The first kappa shape index (κ1) is 23.1. The van der Waals surface area contributed by atoms with Gasteiger partial charge < -0.3 is 20.3 Å². The summed E-state index contributed by atoms with van der Waals surface area (Å²) in [5.74, 6) is 0.325. The summed E-state index contributed by atoms with van der Waals surface area (Å²) in [6, 6.07) is 22.0. The van der Waals surface area contributed by atoms with Crippen molar-refractivity contribution in [1.29, 1.82) is 0 Å². The number of anilines is 1. The fraction of sp³-hybridized carbons (Fsp3) is 0.321. The third kappa shape index (κ3) is 4.91. The van der Waals surface area contributed by atoms with Gasteiger partial charge in [0.15, 0.2) is 0 Å². The van der Waals surface area contributed by atoms with E-state index in [1.165, 1.54) is 0 Å². The van der Waals surface area contributed by atoms with Gasteiger partial charge in [0.2, 0.25) is 5.91 Å². The van der Waals surface area contributed by atoms with Gasteiger partial charge >= 0.3 is 0 Å². The normalized spacial score (nSPS) is 20.1. The fourth-order valence-electron chi connectivity index (χ4n) is 5.01. The number of rotatable bonds is 6. The quantitative estimate of drug-likeness (QED) is 0.598. The third-order valence-corrected chi connectivity index (χ3v) is 7.09. The van der Waals surface area contributed by atoms with Gasteiger partial charge in [-0.25, -0.2) is 4.98 Å². The first-order valence-corrected chi connectivity index (χ1v) is 12.1. The van der Waals surface area contributed by atoms with E-state index in [4.69, 9.17) is 10.5 Å². The molecule has 0 spiro atoms. The first-order valence-electron chi connectivity index (χ1n) is 12.1. The molecule has 35 heavy (non-hydrogen) atoms. The summed E-state index contributed by atoms with van der Waals surface area (Å²) in [5.41, 5.74) is 9.03. The molecule has 7 nitrogen and oxygen atoms in total. The molecule has 2 aliphatic heterocycles. The highest BCUT2D eigenvalue weighted by atomic mass is 16.5. The Morgan fingerprint density at radius 2 is 1.66 bits per heavy atom. The minimum Gasteiger partial charge on any atom is -0.378 e. The zero-order valence-electron chi connectivity index (χ0n) is 19.7. The number of morpholine rings is 1. The van der Waals surface area contributed by atoms with Crippen molar-refractivity contribution in [1.82, 2.24) is 9.88 Å². The number of pyridine rings is 1. The number of aromatic nitrogens is 1. The van der Waals surface area contributed by atoms with Gasteiger partial charge in [-0.15, -0.1) is 0 Å². The molecule has 7 heteroatoms. The van der Waals surface area contributed by atoms with E-state index in [9.17, 15) is 9.59 Å². The Balaban J connectivity index is 1.30. The number of nitrogens with zero attached hydrogens (tertiary/aromatic N) is 3. The molecule has 2 aliphatic rings. The number of nitrogens with two attached hydrogens (primary N) is 1. The molecule has 0 saturated carbocycles. The van der Waals surface area contributed by atoms with Crippen molar-refractivity contribution >= 4 is 17.6 Å². The van der Waals surface area contributed by atoms with Gasteiger partial charge in [0, 0.05) is 37.9 Å². The molecular formula is C28H30N4O3. The maximum Gasteiger partial charge on any atom is 0.254 e. The molecule has 3 aromatic rings. The number of carbonyl (C=O) groups excluding carboxylic acids is 2. The van der Waals surface area contributed by atoms with Crippen molar-refractivity contribution in [3.63, 3.8) is 0 Å². The molecule has 180 valence electrons. The van der Waals surface area contributed by atoms with E-state index in [2.05, 4.69) is 46.3 Å². The van der Waals surface area contributed by atoms with Gasteiger partial charge in [0.1, 0.15) is 5.82 Å². The second-order valence-electron chi connectivity index (χ2n) is 9.36. The second kappa shape index (κ2) is 9.88. The highest BCUT2D eigenvalue weighted by Gasteiger charge is 2.45. The van der Waals surface area contributed by atoms with Crippen LogP contribution in [0, 0.1) is 5.41 Å². The number of carbonyl (C=O) groups is 2. The van der Waals surface area contributed by atoms with Crippen molar-refractivity contribution in [3.8, 4) is 11.1 Å². The molecule has 2 saturated heterocycles. The van der Waals surface area contributed by atoms with Gasteiger partial charge in [0.05, 0.1) is 18.6 Å². The van der Waals surface area contributed by atoms with Crippen LogP contribution in [0.15, 0.2) is 72.9 Å². The topological polar surface area (TPSA) is 88.8 Å². The fourth-order valence-corrected chi connectivity index (χ4v) is 5.01. The van der Waals surface area contributed by atoms with Crippen LogP contribution in [-0.4, -0.2) is 61.1 Å². The molecular weight excluding hydrogens is 440 g/mol. The van der Waals surface area contributed by atoms with E-state index in [1.54, 1.807) is 17.2 Å². The zero-order chi connectivity index (χ0) is 24.3. The number of likely N-dealkylation sites (tertiary alicyclic amines) is 1. The summed E-state index contributed by atoms with van der Waals surface area (Å²) < 4.78 is 5.41. The molecule has 0 radical (unpaired) electrons. The van der Waals surface area contributed by atoms with Crippen LogP contribution in [0.25, 0.3) is 11.1 Å². The lowest BCUT2D eigenvalue weighted by Gasteiger charge is -2.28. The maximum absolute atomic E-state index is 13.3. The Hall–Kier alpha value is -3.71. The number of ether oxygens (including phenoxy) is 1. The Labute approximate surface area is 205 Å². The SMILES string of the molecule is NC(=O)[C@]1(Cc2ccc(-c3ccccc3)cc2)CCN(C(=O)c2ccnc(N3CCOCC3)c2)C1. The van der Waals surface area contributed by atoms with Gasteiger partial charge in [-0.05, 0) is 41.7 Å². The monoisotopic (exact) mass is 470 g/mol. The summed E-state index contributed by atoms with van der Waals surface area (Å²) in [6.07, 6.45) is 2.73. The van der Waals surface area contributed by atoms with Gasteiger partial charge in [-0.2, -0.15) is 0 Å². The van der Waals surface area contributed by atoms with Gasteiger partial charge in [0.25, 0.3) is 5.91 Å². The second-order valence-corrected chi connectivity index (χ2v) is 9.36. The van der Waals surface area contributed by atoms with E-state index < -0.39 is 5.41 Å². The van der Waals surface area contributed by atoms with Crippen LogP contribution < -0.4 is 10.6 Å². The standard InChI is InChI=1S/C28H30N4O3/c29-27(34)28(19-21-6-8-23(9-7-21)22-4-2-1-3-5-22)11-13-32(20-28)26(33)24-10-12-30-25(18-24)31-14-16-35-17-15-31/h1-10,12,18H,11,13-17,19-20H2,(H2,29,34)/t28-/m0/s1. The Bertz CT molecular complexity index is 1190. The van der Waals surface area contributed by atoms with E-state index in [-0.39, 0.29) is 11.8 Å². The minimum atomic E-state index is -0.774. The van der Waals surface area contributed by atoms with Crippen LogP contribution >= 0.6 is 0 Å². The van der Waals surface area contributed by atoms with E-state index in [0.29, 0.717) is 44.7 Å².